The molecular weight excluding hydrogens is 650 g/mol. The molecule has 5 atom stereocenters. The monoisotopic (exact) mass is 691 g/mol. The first-order chi connectivity index (χ1) is 23.2. The molecule has 2 heterocycles. The lowest BCUT2D eigenvalue weighted by atomic mass is 9.66. The van der Waals surface area contributed by atoms with Crippen LogP contribution in [-0.2, 0) is 26.4 Å². The molecule has 0 amide bonds. The molecule has 0 saturated heterocycles. The zero-order valence-corrected chi connectivity index (χ0v) is 28.8. The summed E-state index contributed by atoms with van der Waals surface area (Å²) < 4.78 is 38.6. The second-order valence-electron chi connectivity index (χ2n) is 14.0. The number of halogens is 1. The van der Waals surface area contributed by atoms with Crippen LogP contribution in [0.4, 0.5) is 5.69 Å². The number of carboxylic acid groups (broad SMARTS) is 1. The molecule has 11 heteroatoms. The Hall–Kier alpha value is -3.47. The summed E-state index contributed by atoms with van der Waals surface area (Å²) in [5.41, 5.74) is 4.62. The highest BCUT2D eigenvalue weighted by Crippen LogP contribution is 2.48. The molecule has 1 N–H and O–H groups in total. The van der Waals surface area contributed by atoms with Crippen molar-refractivity contribution < 1.29 is 27.8 Å². The Morgan fingerprint density at radius 2 is 1.98 bits per heavy atom. The number of aromatic nitrogens is 2. The van der Waals surface area contributed by atoms with Gasteiger partial charge in [-0.3, -0.25) is 0 Å². The van der Waals surface area contributed by atoms with E-state index in [1.54, 1.807) is 31.4 Å². The molecule has 1 aromatic heterocycles. The molecule has 1 saturated carbocycles. The molecule has 1 unspecified atom stereocenters. The number of aryl methyl sites for hydroxylation is 1. The molecular formula is C37H42ClN3O6S. The third kappa shape index (κ3) is 6.46. The molecule has 2 aromatic carbocycles. The SMILES string of the molecule is CO[C@H](C1=CC[C@@H](CS(=O)(=O)c2ncccn2)CC1)[C@@H]1CC[C@H]1CN1CC2(CCCc3cc(Cl)ccc32)COc2ccc(C(=O)O)cc21. The lowest BCUT2D eigenvalue weighted by Gasteiger charge is -2.47. The van der Waals surface area contributed by atoms with Crippen LogP contribution in [0.3, 0.4) is 0 Å². The van der Waals surface area contributed by atoms with Gasteiger partial charge in [0.05, 0.1) is 29.7 Å². The van der Waals surface area contributed by atoms with Gasteiger partial charge in [0.25, 0.3) is 0 Å². The third-order valence-electron chi connectivity index (χ3n) is 11.1. The van der Waals surface area contributed by atoms with Gasteiger partial charge in [-0.25, -0.2) is 23.2 Å². The van der Waals surface area contributed by atoms with Gasteiger partial charge in [-0.05, 0) is 122 Å². The fourth-order valence-electron chi connectivity index (χ4n) is 8.50. The lowest BCUT2D eigenvalue weighted by Crippen LogP contribution is -2.50. The van der Waals surface area contributed by atoms with Crippen molar-refractivity contribution >= 4 is 33.1 Å². The number of carboxylic acids is 1. The number of hydrogen-bond donors (Lipinski definition) is 1. The molecule has 7 rings (SSSR count). The minimum Gasteiger partial charge on any atom is -0.490 e. The minimum atomic E-state index is -3.55. The largest absolute Gasteiger partial charge is 0.490 e. The van der Waals surface area contributed by atoms with Crippen LogP contribution >= 0.6 is 11.6 Å². The Balaban J connectivity index is 1.11. The van der Waals surface area contributed by atoms with E-state index >= 15 is 0 Å². The maximum absolute atomic E-state index is 12.9. The number of nitrogens with zero attached hydrogens (tertiary/aromatic N) is 3. The van der Waals surface area contributed by atoms with Crippen LogP contribution in [0.2, 0.25) is 5.02 Å². The van der Waals surface area contributed by atoms with Gasteiger partial charge < -0.3 is 19.5 Å². The fourth-order valence-corrected chi connectivity index (χ4v) is 10.2. The second kappa shape index (κ2) is 13.4. The zero-order valence-electron chi connectivity index (χ0n) is 27.2. The summed E-state index contributed by atoms with van der Waals surface area (Å²) >= 11 is 6.42. The van der Waals surface area contributed by atoms with Crippen LogP contribution in [0.15, 0.2) is 71.7 Å². The zero-order chi connectivity index (χ0) is 33.5. The fraction of sp³-hybridized carbons (Fsp3) is 0.486. The first-order valence-corrected chi connectivity index (χ1v) is 18.9. The summed E-state index contributed by atoms with van der Waals surface area (Å²) in [6.45, 7) is 2.01. The maximum atomic E-state index is 12.9. The number of anilines is 1. The minimum absolute atomic E-state index is 0.0127. The van der Waals surface area contributed by atoms with Gasteiger partial charge in [0, 0.05) is 43.0 Å². The number of benzene rings is 2. The normalized spacial score (nSPS) is 25.9. The van der Waals surface area contributed by atoms with Crippen molar-refractivity contribution in [2.45, 2.75) is 68.0 Å². The smallest absolute Gasteiger partial charge is 0.335 e. The van der Waals surface area contributed by atoms with E-state index in [0.717, 1.165) is 68.7 Å². The maximum Gasteiger partial charge on any atom is 0.335 e. The van der Waals surface area contributed by atoms with Crippen LogP contribution in [0.1, 0.15) is 66.4 Å². The summed E-state index contributed by atoms with van der Waals surface area (Å²) in [5.74, 6) is 0.461. The van der Waals surface area contributed by atoms with Crippen molar-refractivity contribution in [1.29, 1.82) is 0 Å². The number of methoxy groups -OCH3 is 1. The van der Waals surface area contributed by atoms with Crippen LogP contribution in [0, 0.1) is 17.8 Å². The number of sulfone groups is 1. The van der Waals surface area contributed by atoms with Crippen molar-refractivity contribution in [2.24, 2.45) is 17.8 Å². The molecule has 1 aliphatic heterocycles. The number of ether oxygens (including phenoxy) is 2. The van der Waals surface area contributed by atoms with Crippen molar-refractivity contribution in [2.75, 3.05) is 37.5 Å². The second-order valence-corrected chi connectivity index (χ2v) is 16.3. The number of hydrogen-bond acceptors (Lipinski definition) is 8. The molecule has 0 radical (unpaired) electrons. The van der Waals surface area contributed by atoms with Crippen molar-refractivity contribution in [3.63, 3.8) is 0 Å². The Morgan fingerprint density at radius 3 is 2.69 bits per heavy atom. The van der Waals surface area contributed by atoms with E-state index in [4.69, 9.17) is 21.1 Å². The van der Waals surface area contributed by atoms with E-state index < -0.39 is 15.8 Å². The summed E-state index contributed by atoms with van der Waals surface area (Å²) in [6, 6.07) is 13.0. The predicted molar refractivity (Wildman–Crippen MR) is 184 cm³/mol. The first-order valence-electron chi connectivity index (χ1n) is 16.9. The van der Waals surface area contributed by atoms with Crippen LogP contribution in [-0.4, -0.2) is 68.1 Å². The molecule has 1 spiro atoms. The van der Waals surface area contributed by atoms with Crippen LogP contribution in [0.25, 0.3) is 0 Å². The van der Waals surface area contributed by atoms with E-state index in [-0.39, 0.29) is 33.9 Å². The van der Waals surface area contributed by atoms with Crippen LogP contribution in [0.5, 0.6) is 5.75 Å². The van der Waals surface area contributed by atoms with Gasteiger partial charge in [-0.2, -0.15) is 0 Å². The highest BCUT2D eigenvalue weighted by atomic mass is 35.5. The highest BCUT2D eigenvalue weighted by molar-refractivity contribution is 7.91. The molecule has 0 bridgehead atoms. The Labute approximate surface area is 287 Å². The number of carbonyl (C=O) groups is 1. The average molecular weight is 692 g/mol. The lowest BCUT2D eigenvalue weighted by molar-refractivity contribution is 0.00323. The third-order valence-corrected chi connectivity index (χ3v) is 13.0. The summed E-state index contributed by atoms with van der Waals surface area (Å²) in [4.78, 5) is 22.4. The Bertz CT molecular complexity index is 1820. The summed E-state index contributed by atoms with van der Waals surface area (Å²) in [5, 5.41) is 10.5. The molecule has 254 valence electrons. The van der Waals surface area contributed by atoms with Crippen molar-refractivity contribution in [3.8, 4) is 5.75 Å². The molecule has 3 aliphatic carbocycles. The highest BCUT2D eigenvalue weighted by Gasteiger charge is 2.45. The Kier molecular flexibility index (Phi) is 9.26. The topological polar surface area (TPSA) is 119 Å². The standard InChI is InChI=1S/C37H42ClN3O6S/c1-46-34(25-7-5-24(6-8-25)21-48(44,45)36-39-16-3-17-40-36)30-12-9-28(30)20-41-22-37(15-2-4-26-18-29(38)11-13-31(26)37)23-47-33-14-10-27(35(42)43)19-32(33)41/h3,7,10-11,13-14,16-19,24,28,30,34H,2,4-6,8-9,12,15,20-23H2,1H3,(H,42,43)/t24-,28+,30-,34-,37?/m1/s1. The predicted octanol–water partition coefficient (Wildman–Crippen LogP) is 6.54. The van der Waals surface area contributed by atoms with E-state index in [1.807, 2.05) is 6.07 Å². The van der Waals surface area contributed by atoms with Crippen LogP contribution < -0.4 is 9.64 Å². The van der Waals surface area contributed by atoms with Gasteiger partial charge in [-0.1, -0.05) is 23.7 Å². The Morgan fingerprint density at radius 1 is 1.15 bits per heavy atom. The summed E-state index contributed by atoms with van der Waals surface area (Å²) in [6.07, 6.45) is 12.4. The molecule has 9 nitrogen and oxygen atoms in total. The van der Waals surface area contributed by atoms with Gasteiger partial charge in [-0.15, -0.1) is 0 Å². The van der Waals surface area contributed by atoms with Gasteiger partial charge in [0.15, 0.2) is 0 Å². The van der Waals surface area contributed by atoms with Gasteiger partial charge in [0.2, 0.25) is 15.0 Å². The van der Waals surface area contributed by atoms with Gasteiger partial charge >= 0.3 is 5.97 Å². The number of fused-ring (bicyclic) bond motifs is 3. The van der Waals surface area contributed by atoms with E-state index in [9.17, 15) is 18.3 Å². The molecule has 1 fully saturated rings. The van der Waals surface area contributed by atoms with Crippen molar-refractivity contribution in [1.82, 2.24) is 9.97 Å². The number of rotatable bonds is 9. The summed E-state index contributed by atoms with van der Waals surface area (Å²) in [7, 11) is -1.77. The van der Waals surface area contributed by atoms with E-state index in [0.29, 0.717) is 30.6 Å². The first kappa shape index (κ1) is 33.0. The molecule has 3 aromatic rings. The van der Waals surface area contributed by atoms with E-state index in [2.05, 4.69) is 33.1 Å². The van der Waals surface area contributed by atoms with E-state index in [1.165, 1.54) is 29.1 Å². The quantitative estimate of drug-likeness (QED) is 0.197. The number of allylic oxidation sites excluding steroid dienone is 1. The number of aromatic carboxylic acids is 1. The van der Waals surface area contributed by atoms with Crippen molar-refractivity contribution in [3.05, 3.63) is 88.2 Å². The molecule has 48 heavy (non-hydrogen) atoms. The van der Waals surface area contributed by atoms with Gasteiger partial charge in [0.1, 0.15) is 5.75 Å². The average Bonchev–Trinajstić information content (AvgIpc) is 3.23. The molecule has 4 aliphatic rings.